The molecule has 2 heteroatoms. The van der Waals surface area contributed by atoms with Gasteiger partial charge in [0.1, 0.15) is 11.4 Å². The van der Waals surface area contributed by atoms with E-state index in [0.717, 1.165) is 23.3 Å². The summed E-state index contributed by atoms with van der Waals surface area (Å²) in [5, 5.41) is 11.1. The van der Waals surface area contributed by atoms with E-state index in [2.05, 4.69) is 6.92 Å². The van der Waals surface area contributed by atoms with E-state index in [0.29, 0.717) is 6.42 Å². The van der Waals surface area contributed by atoms with E-state index in [1.807, 2.05) is 54.6 Å². The van der Waals surface area contributed by atoms with Gasteiger partial charge in [-0.2, -0.15) is 0 Å². The van der Waals surface area contributed by atoms with Gasteiger partial charge in [0.2, 0.25) is 0 Å². The molecule has 0 heterocycles. The molecule has 2 nitrogen and oxygen atoms in total. The summed E-state index contributed by atoms with van der Waals surface area (Å²) >= 11 is 0. The normalized spacial score (nSPS) is 13.8. The maximum absolute atomic E-state index is 11.1. The van der Waals surface area contributed by atoms with E-state index < -0.39 is 5.60 Å². The van der Waals surface area contributed by atoms with Crippen molar-refractivity contribution in [1.82, 2.24) is 0 Å². The van der Waals surface area contributed by atoms with Crippen molar-refractivity contribution in [2.24, 2.45) is 0 Å². The first-order valence-corrected chi connectivity index (χ1v) is 6.63. The summed E-state index contributed by atoms with van der Waals surface area (Å²) in [6.07, 6.45) is 1.59. The maximum Gasteiger partial charge on any atom is 0.119 e. The minimum atomic E-state index is -0.954. The highest BCUT2D eigenvalue weighted by molar-refractivity contribution is 5.39. The number of methoxy groups -OCH3 is 1. The molecule has 2 rings (SSSR count). The minimum Gasteiger partial charge on any atom is -0.497 e. The van der Waals surface area contributed by atoms with Gasteiger partial charge in [-0.05, 0) is 29.7 Å². The van der Waals surface area contributed by atoms with E-state index in [9.17, 15) is 5.11 Å². The second kappa shape index (κ2) is 5.89. The molecule has 0 radical (unpaired) electrons. The Morgan fingerprint density at radius 3 is 2.32 bits per heavy atom. The lowest BCUT2D eigenvalue weighted by molar-refractivity contribution is 0.0699. The van der Waals surface area contributed by atoms with Crippen molar-refractivity contribution >= 4 is 0 Å². The molecular weight excluding hydrogens is 236 g/mol. The summed E-state index contributed by atoms with van der Waals surface area (Å²) in [5.41, 5.74) is 0.842. The van der Waals surface area contributed by atoms with E-state index >= 15 is 0 Å². The standard InChI is InChI=1S/C17H20O2/c1-3-12-17(18,14-8-5-4-6-9-14)15-10-7-11-16(13-15)19-2/h4-11,13,18H,3,12H2,1-2H3. The Kier molecular flexibility index (Phi) is 4.23. The largest absolute Gasteiger partial charge is 0.497 e. The second-order valence-electron chi connectivity index (χ2n) is 4.71. The van der Waals surface area contributed by atoms with Crippen LogP contribution in [-0.2, 0) is 5.60 Å². The van der Waals surface area contributed by atoms with Gasteiger partial charge in [0.15, 0.2) is 0 Å². The van der Waals surface area contributed by atoms with E-state index in [1.54, 1.807) is 7.11 Å². The summed E-state index contributed by atoms with van der Waals surface area (Å²) in [6.45, 7) is 2.08. The zero-order chi connectivity index (χ0) is 13.7. The van der Waals surface area contributed by atoms with Gasteiger partial charge in [0, 0.05) is 0 Å². The van der Waals surface area contributed by atoms with Crippen LogP contribution in [0.4, 0.5) is 0 Å². The SMILES string of the molecule is CCCC(O)(c1ccccc1)c1cccc(OC)c1. The third-order valence-corrected chi connectivity index (χ3v) is 3.41. The van der Waals surface area contributed by atoms with Crippen LogP contribution in [0.3, 0.4) is 0 Å². The van der Waals surface area contributed by atoms with Gasteiger partial charge in [-0.3, -0.25) is 0 Å². The fourth-order valence-electron chi connectivity index (χ4n) is 2.41. The third-order valence-electron chi connectivity index (χ3n) is 3.41. The fraction of sp³-hybridized carbons (Fsp3) is 0.294. The first-order valence-electron chi connectivity index (χ1n) is 6.63. The molecule has 1 N–H and O–H groups in total. The van der Waals surface area contributed by atoms with Crippen LogP contribution in [0, 0.1) is 0 Å². The van der Waals surface area contributed by atoms with E-state index in [1.165, 1.54) is 0 Å². The predicted octanol–water partition coefficient (Wildman–Crippen LogP) is 3.73. The molecule has 0 amide bonds. The van der Waals surface area contributed by atoms with E-state index in [-0.39, 0.29) is 0 Å². The summed E-state index contributed by atoms with van der Waals surface area (Å²) in [4.78, 5) is 0. The van der Waals surface area contributed by atoms with Gasteiger partial charge < -0.3 is 9.84 Å². The molecule has 0 fully saturated rings. The molecule has 0 aliphatic carbocycles. The number of aliphatic hydroxyl groups is 1. The Hall–Kier alpha value is -1.80. The van der Waals surface area contributed by atoms with Crippen molar-refractivity contribution in [3.05, 3.63) is 65.7 Å². The van der Waals surface area contributed by atoms with Gasteiger partial charge in [-0.15, -0.1) is 0 Å². The Morgan fingerprint density at radius 2 is 1.68 bits per heavy atom. The molecule has 0 aliphatic heterocycles. The summed E-state index contributed by atoms with van der Waals surface area (Å²) < 4.78 is 5.25. The molecule has 0 aliphatic rings. The van der Waals surface area contributed by atoms with Gasteiger partial charge in [0.25, 0.3) is 0 Å². The minimum absolute atomic E-state index is 0.685. The molecule has 19 heavy (non-hydrogen) atoms. The van der Waals surface area contributed by atoms with Gasteiger partial charge in [0.05, 0.1) is 7.11 Å². The lowest BCUT2D eigenvalue weighted by atomic mass is 9.83. The highest BCUT2D eigenvalue weighted by Crippen LogP contribution is 2.35. The maximum atomic E-state index is 11.1. The van der Waals surface area contributed by atoms with Crippen LogP contribution in [0.25, 0.3) is 0 Å². The zero-order valence-corrected chi connectivity index (χ0v) is 11.5. The highest BCUT2D eigenvalue weighted by atomic mass is 16.5. The fourth-order valence-corrected chi connectivity index (χ4v) is 2.41. The van der Waals surface area contributed by atoms with Gasteiger partial charge in [-0.1, -0.05) is 55.8 Å². The quantitative estimate of drug-likeness (QED) is 0.883. The molecule has 100 valence electrons. The van der Waals surface area contributed by atoms with Crippen molar-refractivity contribution in [1.29, 1.82) is 0 Å². The molecule has 0 aromatic heterocycles. The number of hydrogen-bond acceptors (Lipinski definition) is 2. The lowest BCUT2D eigenvalue weighted by Crippen LogP contribution is -2.27. The highest BCUT2D eigenvalue weighted by Gasteiger charge is 2.30. The molecule has 0 saturated heterocycles. The number of benzene rings is 2. The van der Waals surface area contributed by atoms with Crippen molar-refractivity contribution in [2.45, 2.75) is 25.4 Å². The van der Waals surface area contributed by atoms with Crippen LogP contribution in [0.5, 0.6) is 5.75 Å². The van der Waals surface area contributed by atoms with Crippen LogP contribution < -0.4 is 4.74 Å². The second-order valence-corrected chi connectivity index (χ2v) is 4.71. The predicted molar refractivity (Wildman–Crippen MR) is 77.3 cm³/mol. The summed E-state index contributed by atoms with van der Waals surface area (Å²) in [6, 6.07) is 17.5. The van der Waals surface area contributed by atoms with Crippen LogP contribution in [0.1, 0.15) is 30.9 Å². The number of ether oxygens (including phenoxy) is 1. The Bertz CT molecular complexity index is 522. The first-order chi connectivity index (χ1) is 9.20. The monoisotopic (exact) mass is 256 g/mol. The number of rotatable bonds is 5. The Labute approximate surface area is 114 Å². The van der Waals surface area contributed by atoms with Crippen molar-refractivity contribution in [3.8, 4) is 5.75 Å². The molecule has 1 unspecified atom stereocenters. The topological polar surface area (TPSA) is 29.5 Å². The number of hydrogen-bond donors (Lipinski definition) is 1. The molecule has 0 bridgehead atoms. The van der Waals surface area contributed by atoms with E-state index in [4.69, 9.17) is 4.74 Å². The lowest BCUT2D eigenvalue weighted by Gasteiger charge is -2.29. The third kappa shape index (κ3) is 2.79. The average molecular weight is 256 g/mol. The van der Waals surface area contributed by atoms with Crippen LogP contribution in [0.15, 0.2) is 54.6 Å². The molecule has 0 saturated carbocycles. The van der Waals surface area contributed by atoms with Crippen molar-refractivity contribution < 1.29 is 9.84 Å². The molecule has 2 aromatic carbocycles. The van der Waals surface area contributed by atoms with Crippen molar-refractivity contribution in [2.75, 3.05) is 7.11 Å². The molecule has 0 spiro atoms. The Morgan fingerprint density at radius 1 is 1.00 bits per heavy atom. The first kappa shape index (κ1) is 13.6. The van der Waals surface area contributed by atoms with Crippen LogP contribution in [-0.4, -0.2) is 12.2 Å². The summed E-state index contributed by atoms with van der Waals surface area (Å²) in [5.74, 6) is 0.767. The molecular formula is C17H20O2. The Balaban J connectivity index is 2.49. The summed E-state index contributed by atoms with van der Waals surface area (Å²) in [7, 11) is 1.64. The van der Waals surface area contributed by atoms with Gasteiger partial charge >= 0.3 is 0 Å². The van der Waals surface area contributed by atoms with Crippen LogP contribution in [0.2, 0.25) is 0 Å². The van der Waals surface area contributed by atoms with Crippen LogP contribution >= 0.6 is 0 Å². The zero-order valence-electron chi connectivity index (χ0n) is 11.5. The molecule has 1 atom stereocenters. The average Bonchev–Trinajstić information content (AvgIpc) is 2.48. The molecule has 2 aromatic rings. The smallest absolute Gasteiger partial charge is 0.119 e. The van der Waals surface area contributed by atoms with Gasteiger partial charge in [-0.25, -0.2) is 0 Å². The van der Waals surface area contributed by atoms with Crippen molar-refractivity contribution in [3.63, 3.8) is 0 Å².